The Morgan fingerprint density at radius 2 is 1.97 bits per heavy atom. The second-order valence-electron chi connectivity index (χ2n) is 7.87. The first-order valence-corrected chi connectivity index (χ1v) is 12.4. The van der Waals surface area contributed by atoms with Crippen molar-refractivity contribution in [3.8, 4) is 0 Å². The van der Waals surface area contributed by atoms with Crippen LogP contribution in [0.1, 0.15) is 18.8 Å². The van der Waals surface area contributed by atoms with E-state index in [2.05, 4.69) is 10.0 Å². The van der Waals surface area contributed by atoms with Crippen LogP contribution in [0.5, 0.6) is 0 Å². The summed E-state index contributed by atoms with van der Waals surface area (Å²) in [7, 11) is 1.27. The van der Waals surface area contributed by atoms with Gasteiger partial charge in [0.25, 0.3) is 0 Å². The van der Waals surface area contributed by atoms with E-state index in [9.17, 15) is 10.3 Å². The number of thioether (sulfide) groups is 1. The minimum absolute atomic E-state index is 0.208. The first-order chi connectivity index (χ1) is 16.9. The van der Waals surface area contributed by atoms with E-state index in [1.54, 1.807) is 25.1 Å². The molecule has 0 spiro atoms. The number of rotatable bonds is 7. The standard InChI is InChI=1S/C23H23Cl2N3O6S/c1-12(21(29)30-2)32-20-18(27-28-26)19-17(11-31-22(34-19)13-6-4-3-5-7-13)33-23(20)35-14-8-9-15(24)16(25)10-14/h3-10,12,17-20,22-23H,11H2,1-2H3/t12?,17-,18?,19+,20-,22?,23-/m1/s1. The predicted octanol–water partition coefficient (Wildman–Crippen LogP) is 5.55. The van der Waals surface area contributed by atoms with Gasteiger partial charge in [-0.15, -0.1) is 0 Å². The topological polar surface area (TPSA) is 112 Å². The van der Waals surface area contributed by atoms with Gasteiger partial charge in [-0.05, 0) is 30.7 Å². The first kappa shape index (κ1) is 26.1. The van der Waals surface area contributed by atoms with Crippen molar-refractivity contribution in [1.29, 1.82) is 0 Å². The van der Waals surface area contributed by atoms with E-state index in [4.69, 9.17) is 46.9 Å². The van der Waals surface area contributed by atoms with Crippen molar-refractivity contribution in [3.63, 3.8) is 0 Å². The van der Waals surface area contributed by atoms with Gasteiger partial charge in [0.1, 0.15) is 23.7 Å². The number of ether oxygens (including phenoxy) is 5. The normalized spacial score (nSPS) is 28.9. The van der Waals surface area contributed by atoms with E-state index < -0.39 is 48.2 Å². The zero-order valence-corrected chi connectivity index (χ0v) is 21.2. The van der Waals surface area contributed by atoms with Gasteiger partial charge in [-0.3, -0.25) is 0 Å². The Morgan fingerprint density at radius 1 is 1.20 bits per heavy atom. The average Bonchev–Trinajstić information content (AvgIpc) is 2.87. The minimum atomic E-state index is -0.941. The number of carbonyl (C=O) groups is 1. The number of benzene rings is 2. The number of hydrogen-bond donors (Lipinski definition) is 0. The Morgan fingerprint density at radius 3 is 2.66 bits per heavy atom. The maximum Gasteiger partial charge on any atom is 0.334 e. The van der Waals surface area contributed by atoms with Crippen LogP contribution in [0.2, 0.25) is 10.0 Å². The first-order valence-electron chi connectivity index (χ1n) is 10.8. The minimum Gasteiger partial charge on any atom is -0.467 e. The van der Waals surface area contributed by atoms with Gasteiger partial charge in [-0.1, -0.05) is 70.4 Å². The monoisotopic (exact) mass is 539 g/mol. The molecule has 186 valence electrons. The van der Waals surface area contributed by atoms with Gasteiger partial charge in [-0.25, -0.2) is 4.79 Å². The van der Waals surface area contributed by atoms with E-state index in [0.29, 0.717) is 10.0 Å². The molecule has 2 fully saturated rings. The van der Waals surface area contributed by atoms with Gasteiger partial charge in [0, 0.05) is 15.4 Å². The molecule has 0 radical (unpaired) electrons. The molecule has 0 aromatic heterocycles. The third-order valence-electron chi connectivity index (χ3n) is 5.60. The summed E-state index contributed by atoms with van der Waals surface area (Å²) in [6.07, 6.45) is -3.68. The van der Waals surface area contributed by atoms with E-state index >= 15 is 0 Å². The van der Waals surface area contributed by atoms with E-state index in [0.717, 1.165) is 10.5 Å². The molecule has 0 bridgehead atoms. The van der Waals surface area contributed by atoms with Gasteiger partial charge in [-0.2, -0.15) is 0 Å². The summed E-state index contributed by atoms with van der Waals surface area (Å²) in [6.45, 7) is 1.77. The third kappa shape index (κ3) is 6.04. The number of hydrogen-bond acceptors (Lipinski definition) is 8. The molecule has 4 rings (SSSR count). The molecule has 0 aliphatic carbocycles. The smallest absolute Gasteiger partial charge is 0.334 e. The van der Waals surface area contributed by atoms with Gasteiger partial charge in [0.2, 0.25) is 0 Å². The summed E-state index contributed by atoms with van der Waals surface area (Å²) in [5.41, 5.74) is 9.52. The molecule has 0 N–H and O–H groups in total. The predicted molar refractivity (Wildman–Crippen MR) is 130 cm³/mol. The summed E-state index contributed by atoms with van der Waals surface area (Å²) < 4.78 is 29.4. The number of methoxy groups -OCH3 is 1. The van der Waals surface area contributed by atoms with Gasteiger partial charge in [0.15, 0.2) is 12.4 Å². The second kappa shape index (κ2) is 11.8. The van der Waals surface area contributed by atoms with Crippen molar-refractivity contribution in [2.45, 2.75) is 54.0 Å². The van der Waals surface area contributed by atoms with Gasteiger partial charge >= 0.3 is 5.97 Å². The van der Waals surface area contributed by atoms with Crippen molar-refractivity contribution in [3.05, 3.63) is 74.6 Å². The fourth-order valence-electron chi connectivity index (χ4n) is 3.92. The summed E-state index contributed by atoms with van der Waals surface area (Å²) in [5.74, 6) is -0.569. The Kier molecular flexibility index (Phi) is 8.80. The van der Waals surface area contributed by atoms with E-state index in [-0.39, 0.29) is 6.61 Å². The third-order valence-corrected chi connectivity index (χ3v) is 7.48. The lowest BCUT2D eigenvalue weighted by atomic mass is 9.96. The maximum absolute atomic E-state index is 12.1. The summed E-state index contributed by atoms with van der Waals surface area (Å²) in [4.78, 5) is 15.9. The molecule has 2 aliphatic heterocycles. The maximum atomic E-state index is 12.1. The molecule has 35 heavy (non-hydrogen) atoms. The molecule has 2 aliphatic rings. The summed E-state index contributed by atoms with van der Waals surface area (Å²) in [5, 5.41) is 4.82. The lowest BCUT2D eigenvalue weighted by Crippen LogP contribution is -2.61. The van der Waals surface area contributed by atoms with Crippen molar-refractivity contribution < 1.29 is 28.5 Å². The highest BCUT2D eigenvalue weighted by Crippen LogP contribution is 2.42. The molecule has 2 saturated heterocycles. The van der Waals surface area contributed by atoms with E-state index in [1.165, 1.54) is 18.9 Å². The lowest BCUT2D eigenvalue weighted by Gasteiger charge is -2.48. The number of halogens is 2. The molecule has 3 unspecified atom stereocenters. The Balaban J connectivity index is 1.64. The van der Waals surface area contributed by atoms with Crippen LogP contribution < -0.4 is 0 Å². The van der Waals surface area contributed by atoms with Crippen LogP contribution in [-0.4, -0.2) is 55.6 Å². The van der Waals surface area contributed by atoms with E-state index in [1.807, 2.05) is 30.3 Å². The number of azide groups is 1. The van der Waals surface area contributed by atoms with Crippen LogP contribution in [0.4, 0.5) is 0 Å². The van der Waals surface area contributed by atoms with Gasteiger partial charge in [0.05, 0.1) is 29.8 Å². The van der Waals surface area contributed by atoms with Crippen LogP contribution in [0.15, 0.2) is 58.5 Å². The number of fused-ring (bicyclic) bond motifs is 1. The Labute approximate surface area is 216 Å². The molecule has 7 atom stereocenters. The van der Waals surface area contributed by atoms with Crippen molar-refractivity contribution >= 4 is 40.9 Å². The zero-order chi connectivity index (χ0) is 24.9. The fourth-order valence-corrected chi connectivity index (χ4v) is 5.44. The molecule has 2 heterocycles. The highest BCUT2D eigenvalue weighted by molar-refractivity contribution is 7.99. The average molecular weight is 540 g/mol. The SMILES string of the molecule is COC(=O)C(C)O[C@@H]1C(N=[N+]=[N-])[C@H]2OC(c3ccccc3)OC[C@H]2O[C@@H]1Sc1ccc(Cl)c(Cl)c1. The van der Waals surface area contributed by atoms with Crippen molar-refractivity contribution in [1.82, 2.24) is 0 Å². The van der Waals surface area contributed by atoms with Crippen LogP contribution in [0.25, 0.3) is 10.4 Å². The molecule has 9 nitrogen and oxygen atoms in total. The second-order valence-corrected chi connectivity index (χ2v) is 9.86. The largest absolute Gasteiger partial charge is 0.467 e. The molecular weight excluding hydrogens is 517 g/mol. The molecule has 12 heteroatoms. The molecule has 2 aromatic rings. The molecule has 0 amide bonds. The summed E-state index contributed by atoms with van der Waals surface area (Å²) >= 11 is 13.5. The number of nitrogens with zero attached hydrogens (tertiary/aromatic N) is 3. The quantitative estimate of drug-likeness (QED) is 0.196. The number of carbonyl (C=O) groups excluding carboxylic acids is 1. The van der Waals surface area contributed by atoms with Crippen LogP contribution >= 0.6 is 35.0 Å². The number of esters is 1. The van der Waals surface area contributed by atoms with Gasteiger partial charge < -0.3 is 23.7 Å². The fraction of sp³-hybridized carbons (Fsp3) is 0.435. The zero-order valence-electron chi connectivity index (χ0n) is 18.8. The van der Waals surface area contributed by atoms with Crippen LogP contribution in [0.3, 0.4) is 0 Å². The van der Waals surface area contributed by atoms with Crippen molar-refractivity contribution in [2.24, 2.45) is 5.11 Å². The molecular formula is C23H23Cl2N3O6S. The highest BCUT2D eigenvalue weighted by atomic mass is 35.5. The van der Waals surface area contributed by atoms with Crippen LogP contribution in [-0.2, 0) is 28.5 Å². The Hall–Kier alpha value is -2.01. The van der Waals surface area contributed by atoms with Crippen molar-refractivity contribution in [2.75, 3.05) is 13.7 Å². The lowest BCUT2D eigenvalue weighted by molar-refractivity contribution is -0.302. The molecule has 2 aromatic carbocycles. The Bertz CT molecular complexity index is 1090. The highest BCUT2D eigenvalue weighted by Gasteiger charge is 2.51. The molecule has 0 saturated carbocycles. The summed E-state index contributed by atoms with van der Waals surface area (Å²) in [6, 6.07) is 13.8. The van der Waals surface area contributed by atoms with Crippen LogP contribution in [0, 0.1) is 0 Å².